The number of aliphatic carboxylic acids is 1. The first-order valence-corrected chi connectivity index (χ1v) is 11.1. The summed E-state index contributed by atoms with van der Waals surface area (Å²) in [6.07, 6.45) is -5.90. The summed E-state index contributed by atoms with van der Waals surface area (Å²) >= 11 is 0. The Balaban J connectivity index is 1.65. The summed E-state index contributed by atoms with van der Waals surface area (Å²) in [5, 5.41) is 8.97. The van der Waals surface area contributed by atoms with E-state index in [0.29, 0.717) is 16.7 Å². The van der Waals surface area contributed by atoms with Crippen LogP contribution in [0.2, 0.25) is 0 Å². The van der Waals surface area contributed by atoms with E-state index in [1.165, 1.54) is 18.4 Å². The van der Waals surface area contributed by atoms with Crippen LogP contribution in [0.3, 0.4) is 0 Å². The van der Waals surface area contributed by atoms with E-state index in [1.54, 1.807) is 42.5 Å². The van der Waals surface area contributed by atoms with Gasteiger partial charge in [-0.2, -0.15) is 18.2 Å². The number of ether oxygens (including phenoxy) is 1. The van der Waals surface area contributed by atoms with Gasteiger partial charge >= 0.3 is 12.1 Å². The number of alkyl halides is 3. The number of halogens is 3. The molecule has 0 amide bonds. The van der Waals surface area contributed by atoms with E-state index in [0.717, 1.165) is 5.56 Å². The SMILES string of the molecule is Cc1cccc(-c2occc2C(Oc2cc(-c3ccc(C[C@H](N)C(=O)O)cc3)nc(N)n2)C(F)(F)F)c1. The predicted molar refractivity (Wildman–Crippen MR) is 130 cm³/mol. The summed E-state index contributed by atoms with van der Waals surface area (Å²) < 4.78 is 53.3. The third-order valence-corrected chi connectivity index (χ3v) is 5.54. The van der Waals surface area contributed by atoms with Crippen molar-refractivity contribution >= 4 is 11.9 Å². The standard InChI is InChI=1S/C26H23F3N4O4/c1-14-3-2-4-17(11-14)22-18(9-10-36-22)23(26(27,28)29)37-21-13-20(32-25(31)33-21)16-7-5-15(6-8-16)12-19(30)24(34)35/h2-11,13,19,23H,12,30H2,1H3,(H,34,35)(H2,31,32,33)/t19-,23?/m0/s1. The van der Waals surface area contributed by atoms with Crippen molar-refractivity contribution < 1.29 is 32.2 Å². The van der Waals surface area contributed by atoms with Crippen LogP contribution in [0, 0.1) is 6.92 Å². The van der Waals surface area contributed by atoms with Gasteiger partial charge in [-0.15, -0.1) is 0 Å². The smallest absolute Gasteiger partial charge is 0.429 e. The zero-order valence-electron chi connectivity index (χ0n) is 19.6. The van der Waals surface area contributed by atoms with Crippen LogP contribution in [-0.4, -0.2) is 33.3 Å². The van der Waals surface area contributed by atoms with E-state index in [4.69, 9.17) is 25.7 Å². The van der Waals surface area contributed by atoms with Crippen LogP contribution >= 0.6 is 0 Å². The molecule has 0 saturated carbocycles. The highest BCUT2D eigenvalue weighted by molar-refractivity contribution is 5.73. The molecule has 2 aromatic carbocycles. The molecule has 4 rings (SSSR count). The molecule has 5 N–H and O–H groups in total. The Labute approximate surface area is 209 Å². The van der Waals surface area contributed by atoms with Gasteiger partial charge in [-0.3, -0.25) is 4.79 Å². The number of aryl methyl sites for hydroxylation is 1. The Bertz CT molecular complexity index is 1400. The Kier molecular flexibility index (Phi) is 7.16. The van der Waals surface area contributed by atoms with Gasteiger partial charge in [0.05, 0.1) is 12.0 Å². The quantitative estimate of drug-likeness (QED) is 0.302. The highest BCUT2D eigenvalue weighted by Gasteiger charge is 2.45. The van der Waals surface area contributed by atoms with Gasteiger partial charge in [-0.25, -0.2) is 4.98 Å². The number of carbonyl (C=O) groups is 1. The minimum absolute atomic E-state index is 0.0310. The molecule has 2 atom stereocenters. The minimum Gasteiger partial charge on any atom is -0.480 e. The first-order chi connectivity index (χ1) is 17.5. The Hall–Kier alpha value is -4.38. The van der Waals surface area contributed by atoms with E-state index in [2.05, 4.69) is 9.97 Å². The summed E-state index contributed by atoms with van der Waals surface area (Å²) in [5.74, 6) is -1.75. The number of nitrogens with two attached hydrogens (primary N) is 2. The molecule has 0 fully saturated rings. The molecule has 0 bridgehead atoms. The average molecular weight is 512 g/mol. The second-order valence-corrected chi connectivity index (χ2v) is 8.41. The third-order valence-electron chi connectivity index (χ3n) is 5.54. The number of hydrogen-bond donors (Lipinski definition) is 3. The van der Waals surface area contributed by atoms with Crippen molar-refractivity contribution in [3.05, 3.63) is 83.6 Å². The van der Waals surface area contributed by atoms with Crippen molar-refractivity contribution in [1.29, 1.82) is 0 Å². The van der Waals surface area contributed by atoms with Crippen LogP contribution in [0.15, 0.2) is 71.3 Å². The number of aromatic nitrogens is 2. The first kappa shape index (κ1) is 25.7. The van der Waals surface area contributed by atoms with Crippen molar-refractivity contribution in [2.75, 3.05) is 5.73 Å². The number of nitrogens with zero attached hydrogens (tertiary/aromatic N) is 2. The summed E-state index contributed by atoms with van der Waals surface area (Å²) in [6.45, 7) is 1.82. The Morgan fingerprint density at radius 3 is 2.46 bits per heavy atom. The number of nitrogen functional groups attached to an aromatic ring is 1. The molecular weight excluding hydrogens is 489 g/mol. The molecule has 0 saturated heterocycles. The molecule has 2 heterocycles. The van der Waals surface area contributed by atoms with Gasteiger partial charge in [-0.1, -0.05) is 48.0 Å². The van der Waals surface area contributed by atoms with Crippen LogP contribution < -0.4 is 16.2 Å². The van der Waals surface area contributed by atoms with Crippen LogP contribution in [0.25, 0.3) is 22.6 Å². The molecule has 11 heteroatoms. The number of hydrogen-bond acceptors (Lipinski definition) is 7. The van der Waals surface area contributed by atoms with Gasteiger partial charge in [0.25, 0.3) is 0 Å². The number of carboxylic acids is 1. The lowest BCUT2D eigenvalue weighted by Crippen LogP contribution is -2.32. The molecule has 0 aliphatic rings. The second kappa shape index (κ2) is 10.3. The monoisotopic (exact) mass is 512 g/mol. The number of anilines is 1. The number of benzene rings is 2. The van der Waals surface area contributed by atoms with E-state index in [-0.39, 0.29) is 35.3 Å². The Morgan fingerprint density at radius 1 is 1.08 bits per heavy atom. The van der Waals surface area contributed by atoms with Crippen molar-refractivity contribution in [2.45, 2.75) is 31.7 Å². The summed E-state index contributed by atoms with van der Waals surface area (Å²) in [7, 11) is 0. The molecule has 192 valence electrons. The van der Waals surface area contributed by atoms with Crippen LogP contribution in [-0.2, 0) is 11.2 Å². The molecule has 37 heavy (non-hydrogen) atoms. The lowest BCUT2D eigenvalue weighted by atomic mass is 10.0. The topological polar surface area (TPSA) is 137 Å². The minimum atomic E-state index is -4.80. The zero-order chi connectivity index (χ0) is 26.7. The van der Waals surface area contributed by atoms with Crippen LogP contribution in [0.5, 0.6) is 5.88 Å². The predicted octanol–water partition coefficient (Wildman–Crippen LogP) is 4.93. The van der Waals surface area contributed by atoms with Gasteiger partial charge in [0.15, 0.2) is 0 Å². The van der Waals surface area contributed by atoms with Gasteiger partial charge in [0.1, 0.15) is 11.8 Å². The average Bonchev–Trinajstić information content (AvgIpc) is 3.31. The largest absolute Gasteiger partial charge is 0.480 e. The van der Waals surface area contributed by atoms with Crippen molar-refractivity contribution in [1.82, 2.24) is 9.97 Å². The Morgan fingerprint density at radius 2 is 1.81 bits per heavy atom. The highest BCUT2D eigenvalue weighted by atomic mass is 19.4. The molecule has 2 aromatic heterocycles. The van der Waals surface area contributed by atoms with Crippen LogP contribution in [0.1, 0.15) is 22.8 Å². The fourth-order valence-corrected chi connectivity index (χ4v) is 3.78. The van der Waals surface area contributed by atoms with Gasteiger partial charge < -0.3 is 25.7 Å². The summed E-state index contributed by atoms with van der Waals surface area (Å²) in [6, 6.07) is 14.9. The highest BCUT2D eigenvalue weighted by Crippen LogP contribution is 2.41. The zero-order valence-corrected chi connectivity index (χ0v) is 19.6. The number of furan rings is 1. The molecule has 0 spiro atoms. The molecular formula is C26H23F3N4O4. The third kappa shape index (κ3) is 6.07. The summed E-state index contributed by atoms with van der Waals surface area (Å²) in [4.78, 5) is 18.9. The summed E-state index contributed by atoms with van der Waals surface area (Å²) in [5.41, 5.74) is 13.9. The molecule has 8 nitrogen and oxygen atoms in total. The van der Waals surface area contributed by atoms with Gasteiger partial charge in [-0.05, 0) is 31.0 Å². The van der Waals surface area contributed by atoms with Gasteiger partial charge in [0, 0.05) is 22.8 Å². The molecule has 0 aliphatic carbocycles. The molecule has 4 aromatic rings. The maximum atomic E-state index is 14.2. The van der Waals surface area contributed by atoms with Crippen LogP contribution in [0.4, 0.5) is 19.1 Å². The second-order valence-electron chi connectivity index (χ2n) is 8.41. The fourth-order valence-electron chi connectivity index (χ4n) is 3.78. The van der Waals surface area contributed by atoms with E-state index in [1.807, 2.05) is 13.0 Å². The first-order valence-electron chi connectivity index (χ1n) is 11.1. The van der Waals surface area contributed by atoms with E-state index in [9.17, 15) is 18.0 Å². The number of carboxylic acid groups (broad SMARTS) is 1. The molecule has 1 unspecified atom stereocenters. The van der Waals surface area contributed by atoms with Crippen molar-refractivity contribution in [3.8, 4) is 28.5 Å². The van der Waals surface area contributed by atoms with Gasteiger partial charge in [0.2, 0.25) is 17.9 Å². The maximum Gasteiger partial charge on any atom is 0.429 e. The molecule has 0 radical (unpaired) electrons. The van der Waals surface area contributed by atoms with Crippen molar-refractivity contribution in [2.24, 2.45) is 5.73 Å². The fraction of sp³-hybridized carbons (Fsp3) is 0.192. The van der Waals surface area contributed by atoms with E-state index >= 15 is 0 Å². The lowest BCUT2D eigenvalue weighted by Gasteiger charge is -2.22. The van der Waals surface area contributed by atoms with Crippen molar-refractivity contribution in [3.63, 3.8) is 0 Å². The maximum absolute atomic E-state index is 14.2. The molecule has 0 aliphatic heterocycles. The normalized spacial score (nSPS) is 13.2. The lowest BCUT2D eigenvalue weighted by molar-refractivity contribution is -0.198. The number of rotatable bonds is 8. The van der Waals surface area contributed by atoms with E-state index < -0.39 is 24.3 Å².